The number of anilines is 1. The number of nitrogens with one attached hydrogen (secondary N) is 1. The van der Waals surface area contributed by atoms with Crippen LogP contribution >= 0.6 is 11.3 Å². The normalized spacial score (nSPS) is 19.4. The Bertz CT molecular complexity index is 818. The molecule has 1 aliphatic heterocycles. The zero-order valence-corrected chi connectivity index (χ0v) is 17.6. The van der Waals surface area contributed by atoms with E-state index in [4.69, 9.17) is 4.74 Å². The quantitative estimate of drug-likeness (QED) is 0.816. The summed E-state index contributed by atoms with van der Waals surface area (Å²) in [6, 6.07) is 7.31. The van der Waals surface area contributed by atoms with Crippen molar-refractivity contribution in [2.75, 3.05) is 11.9 Å². The highest BCUT2D eigenvalue weighted by Gasteiger charge is 2.28. The number of aryl methyl sites for hydroxylation is 2. The number of thiazole rings is 1. The highest BCUT2D eigenvalue weighted by molar-refractivity contribution is 7.15. The summed E-state index contributed by atoms with van der Waals surface area (Å²) in [6.07, 6.45) is 3.24. The number of nitrogens with zero attached hydrogens (tertiary/aromatic N) is 2. The lowest BCUT2D eigenvalue weighted by Gasteiger charge is -2.38. The van der Waals surface area contributed by atoms with Crippen LogP contribution in [-0.2, 0) is 4.79 Å². The Morgan fingerprint density at radius 1 is 1.18 bits per heavy atom. The first kappa shape index (κ1) is 20.3. The number of ether oxygens (including phenoxy) is 1. The van der Waals surface area contributed by atoms with Gasteiger partial charge in [-0.3, -0.25) is 14.9 Å². The second kappa shape index (κ2) is 8.73. The number of piperidine rings is 1. The summed E-state index contributed by atoms with van der Waals surface area (Å²) < 4.78 is 5.66. The first-order chi connectivity index (χ1) is 13.3. The first-order valence-corrected chi connectivity index (χ1v) is 10.5. The van der Waals surface area contributed by atoms with E-state index in [0.29, 0.717) is 16.4 Å². The zero-order valence-electron chi connectivity index (χ0n) is 16.8. The number of carbonyl (C=O) groups is 2. The average molecular weight is 402 g/mol. The summed E-state index contributed by atoms with van der Waals surface area (Å²) >= 11 is 1.46. The molecule has 0 saturated carbocycles. The van der Waals surface area contributed by atoms with Crippen LogP contribution in [0.1, 0.15) is 54.0 Å². The standard InChI is InChI=1S/C21H27N3O3S/c1-13-6-5-7-14(2)24(13)19(25)12-27-18-10-8-17(9-11-18)20(26)23-21-22-15(3)16(4)28-21/h8-11,13-14H,5-7,12H2,1-4H3,(H,22,23,26). The van der Waals surface area contributed by atoms with Crippen molar-refractivity contribution in [1.29, 1.82) is 0 Å². The molecule has 2 atom stereocenters. The number of carbonyl (C=O) groups excluding carboxylic acids is 2. The molecule has 6 nitrogen and oxygen atoms in total. The van der Waals surface area contributed by atoms with E-state index in [0.717, 1.165) is 29.8 Å². The van der Waals surface area contributed by atoms with Gasteiger partial charge in [-0.15, -0.1) is 11.3 Å². The van der Waals surface area contributed by atoms with Gasteiger partial charge in [0.05, 0.1) is 5.69 Å². The Kier molecular flexibility index (Phi) is 6.34. The molecule has 0 bridgehead atoms. The van der Waals surface area contributed by atoms with Crippen molar-refractivity contribution in [1.82, 2.24) is 9.88 Å². The predicted octanol–water partition coefficient (Wildman–Crippen LogP) is 4.18. The van der Waals surface area contributed by atoms with Gasteiger partial charge >= 0.3 is 0 Å². The number of amides is 2. The first-order valence-electron chi connectivity index (χ1n) is 9.64. The lowest BCUT2D eigenvalue weighted by molar-refractivity contribution is -0.139. The smallest absolute Gasteiger partial charge is 0.260 e. The van der Waals surface area contributed by atoms with Gasteiger partial charge in [0.1, 0.15) is 5.75 Å². The molecule has 1 fully saturated rings. The van der Waals surface area contributed by atoms with E-state index in [1.807, 2.05) is 18.7 Å². The third-order valence-electron chi connectivity index (χ3n) is 5.21. The Morgan fingerprint density at radius 2 is 1.82 bits per heavy atom. The van der Waals surface area contributed by atoms with Crippen LogP contribution < -0.4 is 10.1 Å². The summed E-state index contributed by atoms with van der Waals surface area (Å²) in [5.41, 5.74) is 1.44. The fraction of sp³-hybridized carbons (Fsp3) is 0.476. The third kappa shape index (κ3) is 4.70. The maximum absolute atomic E-state index is 12.5. The predicted molar refractivity (Wildman–Crippen MR) is 111 cm³/mol. The molecule has 28 heavy (non-hydrogen) atoms. The van der Waals surface area contributed by atoms with Gasteiger partial charge in [0.15, 0.2) is 11.7 Å². The lowest BCUT2D eigenvalue weighted by atomic mass is 9.97. The van der Waals surface area contributed by atoms with Gasteiger partial charge in [-0.1, -0.05) is 0 Å². The minimum absolute atomic E-state index is 0.0102. The van der Waals surface area contributed by atoms with E-state index in [9.17, 15) is 9.59 Å². The Morgan fingerprint density at radius 3 is 2.39 bits per heavy atom. The zero-order chi connectivity index (χ0) is 20.3. The Hall–Kier alpha value is -2.41. The van der Waals surface area contributed by atoms with Gasteiger partial charge < -0.3 is 9.64 Å². The largest absolute Gasteiger partial charge is 0.484 e. The van der Waals surface area contributed by atoms with E-state index in [-0.39, 0.29) is 30.5 Å². The molecular formula is C21H27N3O3S. The van der Waals surface area contributed by atoms with Crippen LogP contribution in [0.2, 0.25) is 0 Å². The van der Waals surface area contributed by atoms with Gasteiger partial charge in [0.25, 0.3) is 11.8 Å². The number of benzene rings is 1. The molecule has 7 heteroatoms. The highest BCUT2D eigenvalue weighted by Crippen LogP contribution is 2.24. The minimum Gasteiger partial charge on any atom is -0.484 e. The van der Waals surface area contributed by atoms with Crippen LogP contribution in [-0.4, -0.2) is 40.4 Å². The molecule has 1 saturated heterocycles. The van der Waals surface area contributed by atoms with Crippen LogP contribution in [0.5, 0.6) is 5.75 Å². The van der Waals surface area contributed by atoms with Crippen molar-refractivity contribution in [3.63, 3.8) is 0 Å². The van der Waals surface area contributed by atoms with Crippen molar-refractivity contribution >= 4 is 28.3 Å². The van der Waals surface area contributed by atoms with Crippen molar-refractivity contribution in [3.05, 3.63) is 40.4 Å². The van der Waals surface area contributed by atoms with Crippen LogP contribution in [0.25, 0.3) is 0 Å². The SMILES string of the molecule is Cc1nc(NC(=O)c2ccc(OCC(=O)N3C(C)CCCC3C)cc2)sc1C. The van der Waals surface area contributed by atoms with E-state index in [1.54, 1.807) is 24.3 Å². The van der Waals surface area contributed by atoms with Gasteiger partial charge in [-0.05, 0) is 71.2 Å². The summed E-state index contributed by atoms with van der Waals surface area (Å²) in [7, 11) is 0. The monoisotopic (exact) mass is 401 g/mol. The molecule has 1 aliphatic rings. The summed E-state index contributed by atoms with van der Waals surface area (Å²) in [5.74, 6) is 0.367. The van der Waals surface area contributed by atoms with Crippen molar-refractivity contribution in [2.45, 2.75) is 59.0 Å². The number of aromatic nitrogens is 1. The maximum atomic E-state index is 12.5. The molecule has 0 aliphatic carbocycles. The molecule has 150 valence electrons. The molecule has 2 aromatic rings. The Balaban J connectivity index is 1.55. The fourth-order valence-electron chi connectivity index (χ4n) is 3.53. The molecule has 0 radical (unpaired) electrons. The van der Waals surface area contributed by atoms with E-state index < -0.39 is 0 Å². The molecule has 2 amide bonds. The fourth-order valence-corrected chi connectivity index (χ4v) is 4.34. The van der Waals surface area contributed by atoms with E-state index >= 15 is 0 Å². The number of hydrogen-bond acceptors (Lipinski definition) is 5. The summed E-state index contributed by atoms with van der Waals surface area (Å²) in [4.78, 5) is 32.2. The van der Waals surface area contributed by atoms with Gasteiger partial charge in [-0.25, -0.2) is 4.98 Å². The topological polar surface area (TPSA) is 71.5 Å². The number of hydrogen-bond donors (Lipinski definition) is 1. The minimum atomic E-state index is -0.215. The van der Waals surface area contributed by atoms with E-state index in [1.165, 1.54) is 11.3 Å². The number of rotatable bonds is 5. The molecular weight excluding hydrogens is 374 g/mol. The van der Waals surface area contributed by atoms with E-state index in [2.05, 4.69) is 24.1 Å². The average Bonchev–Trinajstić information content (AvgIpc) is 2.97. The molecule has 0 spiro atoms. The second-order valence-electron chi connectivity index (χ2n) is 7.36. The van der Waals surface area contributed by atoms with Crippen molar-refractivity contribution < 1.29 is 14.3 Å². The van der Waals surface area contributed by atoms with Crippen LogP contribution in [0.3, 0.4) is 0 Å². The summed E-state index contributed by atoms with van der Waals surface area (Å²) in [5, 5.41) is 3.40. The molecule has 1 N–H and O–H groups in total. The second-order valence-corrected chi connectivity index (χ2v) is 8.56. The third-order valence-corrected chi connectivity index (χ3v) is 6.20. The Labute approximate surface area is 169 Å². The molecule has 3 rings (SSSR count). The lowest BCUT2D eigenvalue weighted by Crippen LogP contribution is -2.49. The molecule has 2 unspecified atom stereocenters. The molecule has 1 aromatic heterocycles. The summed E-state index contributed by atoms with van der Waals surface area (Å²) in [6.45, 7) is 8.08. The maximum Gasteiger partial charge on any atom is 0.260 e. The highest BCUT2D eigenvalue weighted by atomic mass is 32.1. The van der Waals surface area contributed by atoms with Crippen molar-refractivity contribution in [3.8, 4) is 5.75 Å². The van der Waals surface area contributed by atoms with Crippen LogP contribution in [0.4, 0.5) is 5.13 Å². The van der Waals surface area contributed by atoms with Gasteiger partial charge in [0, 0.05) is 22.5 Å². The van der Waals surface area contributed by atoms with Crippen LogP contribution in [0, 0.1) is 13.8 Å². The number of likely N-dealkylation sites (tertiary alicyclic amines) is 1. The van der Waals surface area contributed by atoms with Gasteiger partial charge in [-0.2, -0.15) is 0 Å². The molecule has 2 heterocycles. The van der Waals surface area contributed by atoms with Crippen LogP contribution in [0.15, 0.2) is 24.3 Å². The van der Waals surface area contributed by atoms with Crippen molar-refractivity contribution in [2.24, 2.45) is 0 Å². The van der Waals surface area contributed by atoms with Gasteiger partial charge in [0.2, 0.25) is 0 Å². The molecule has 1 aromatic carbocycles.